The summed E-state index contributed by atoms with van der Waals surface area (Å²) in [6, 6.07) is 5.02. The quantitative estimate of drug-likeness (QED) is 0.454. The van der Waals surface area contributed by atoms with Gasteiger partial charge in [0, 0.05) is 18.1 Å². The minimum absolute atomic E-state index is 0.0747. The lowest BCUT2D eigenvalue weighted by Crippen LogP contribution is -2.34. The smallest absolute Gasteiger partial charge is 0.262 e. The third-order valence-corrected chi connectivity index (χ3v) is 4.85. The highest BCUT2D eigenvalue weighted by molar-refractivity contribution is 8.00. The molecule has 0 saturated heterocycles. The normalized spacial score (nSPS) is 12.4. The number of rotatable bonds is 7. The van der Waals surface area contributed by atoms with Gasteiger partial charge in [0.1, 0.15) is 0 Å². The molecule has 134 valence electrons. The minimum Gasteiger partial charge on any atom is -0.355 e. The fraction of sp³-hybridized carbons (Fsp3) is 0.389. The summed E-state index contributed by atoms with van der Waals surface area (Å²) in [7, 11) is 0. The van der Waals surface area contributed by atoms with E-state index in [0.29, 0.717) is 40.1 Å². The van der Waals surface area contributed by atoms with Gasteiger partial charge in [-0.25, -0.2) is 4.98 Å². The third-order valence-electron chi connectivity index (χ3n) is 3.53. The van der Waals surface area contributed by atoms with Gasteiger partial charge < -0.3 is 5.32 Å². The summed E-state index contributed by atoms with van der Waals surface area (Å²) >= 11 is 7.25. The molecule has 0 saturated carbocycles. The van der Waals surface area contributed by atoms with Crippen LogP contribution in [0.3, 0.4) is 0 Å². The number of nitrogens with one attached hydrogen (secondary N) is 1. The predicted molar refractivity (Wildman–Crippen MR) is 104 cm³/mol. The molecule has 1 atom stereocenters. The fourth-order valence-corrected chi connectivity index (χ4v) is 3.33. The zero-order valence-electron chi connectivity index (χ0n) is 14.6. The number of carbonyl (C=O) groups is 1. The molecule has 0 bridgehead atoms. The Labute approximate surface area is 156 Å². The van der Waals surface area contributed by atoms with Crippen LogP contribution in [0, 0.1) is 5.92 Å². The van der Waals surface area contributed by atoms with Gasteiger partial charge in [0.05, 0.1) is 16.2 Å². The highest BCUT2D eigenvalue weighted by Gasteiger charge is 2.19. The maximum atomic E-state index is 12.8. The third kappa shape index (κ3) is 4.86. The maximum absolute atomic E-state index is 12.8. The van der Waals surface area contributed by atoms with E-state index in [2.05, 4.69) is 16.9 Å². The monoisotopic (exact) mass is 379 g/mol. The van der Waals surface area contributed by atoms with E-state index < -0.39 is 0 Å². The molecule has 25 heavy (non-hydrogen) atoms. The summed E-state index contributed by atoms with van der Waals surface area (Å²) in [5, 5.41) is 3.96. The molecule has 1 aromatic carbocycles. The van der Waals surface area contributed by atoms with Crippen LogP contribution in [0.4, 0.5) is 0 Å². The molecule has 5 nitrogen and oxygen atoms in total. The Morgan fingerprint density at radius 1 is 1.44 bits per heavy atom. The van der Waals surface area contributed by atoms with Crippen LogP contribution < -0.4 is 10.9 Å². The average Bonchev–Trinajstić information content (AvgIpc) is 2.56. The van der Waals surface area contributed by atoms with Crippen molar-refractivity contribution in [2.75, 3.05) is 6.54 Å². The maximum Gasteiger partial charge on any atom is 0.262 e. The van der Waals surface area contributed by atoms with Gasteiger partial charge in [0.25, 0.3) is 5.56 Å². The lowest BCUT2D eigenvalue weighted by Gasteiger charge is -2.16. The molecular formula is C18H22ClN3O2S. The van der Waals surface area contributed by atoms with Crippen molar-refractivity contribution in [3.63, 3.8) is 0 Å². The first kappa shape index (κ1) is 19.5. The molecule has 1 amide bonds. The number of halogens is 1. The first-order valence-electron chi connectivity index (χ1n) is 8.08. The molecule has 0 unspecified atom stereocenters. The Morgan fingerprint density at radius 2 is 2.16 bits per heavy atom. The topological polar surface area (TPSA) is 64.0 Å². The number of nitrogens with zero attached hydrogens (tertiary/aromatic N) is 2. The van der Waals surface area contributed by atoms with Crippen LogP contribution in [0.2, 0.25) is 5.02 Å². The van der Waals surface area contributed by atoms with Crippen molar-refractivity contribution in [2.24, 2.45) is 5.92 Å². The van der Waals surface area contributed by atoms with Crippen LogP contribution in [-0.4, -0.2) is 27.3 Å². The van der Waals surface area contributed by atoms with Crippen molar-refractivity contribution in [1.82, 2.24) is 14.9 Å². The van der Waals surface area contributed by atoms with Crippen LogP contribution in [0.5, 0.6) is 0 Å². The van der Waals surface area contributed by atoms with Gasteiger partial charge in [0.2, 0.25) is 5.91 Å². The second-order valence-corrected chi connectivity index (χ2v) is 7.90. The molecule has 0 radical (unpaired) electrons. The zero-order chi connectivity index (χ0) is 18.6. The number of benzene rings is 1. The number of aromatic nitrogens is 2. The number of amides is 1. The Hall–Kier alpha value is -1.79. The van der Waals surface area contributed by atoms with Crippen LogP contribution in [0.15, 0.2) is 40.8 Å². The SMILES string of the molecule is C=CCn1c(S[C@H](C)C(=O)NCC(C)C)nc2ccc(Cl)cc2c1=O. The molecule has 0 aliphatic rings. The Balaban J connectivity index is 2.37. The van der Waals surface area contributed by atoms with E-state index in [1.54, 1.807) is 31.2 Å². The lowest BCUT2D eigenvalue weighted by molar-refractivity contribution is -0.120. The molecule has 0 aliphatic heterocycles. The number of hydrogen-bond donors (Lipinski definition) is 1. The van der Waals surface area contributed by atoms with Crippen molar-refractivity contribution >= 4 is 40.2 Å². The molecule has 0 fully saturated rings. The van der Waals surface area contributed by atoms with Gasteiger partial charge in [-0.2, -0.15) is 0 Å². The van der Waals surface area contributed by atoms with E-state index in [4.69, 9.17) is 11.6 Å². The number of fused-ring (bicyclic) bond motifs is 1. The number of thioether (sulfide) groups is 1. The van der Waals surface area contributed by atoms with Crippen molar-refractivity contribution < 1.29 is 4.79 Å². The Kier molecular flexibility index (Phi) is 6.67. The summed E-state index contributed by atoms with van der Waals surface area (Å²) in [6.07, 6.45) is 1.63. The molecule has 1 heterocycles. The molecule has 7 heteroatoms. The van der Waals surface area contributed by atoms with Crippen molar-refractivity contribution in [2.45, 2.75) is 37.7 Å². The fourth-order valence-electron chi connectivity index (χ4n) is 2.21. The van der Waals surface area contributed by atoms with Crippen molar-refractivity contribution in [1.29, 1.82) is 0 Å². The van der Waals surface area contributed by atoms with E-state index >= 15 is 0 Å². The van der Waals surface area contributed by atoms with Crippen LogP contribution >= 0.6 is 23.4 Å². The van der Waals surface area contributed by atoms with Crippen molar-refractivity contribution in [3.05, 3.63) is 46.2 Å². The molecule has 0 aliphatic carbocycles. The highest BCUT2D eigenvalue weighted by atomic mass is 35.5. The van der Waals surface area contributed by atoms with Crippen LogP contribution in [0.25, 0.3) is 10.9 Å². The molecule has 2 aromatic rings. The molecule has 0 spiro atoms. The second kappa shape index (κ2) is 8.54. The van der Waals surface area contributed by atoms with Gasteiger partial charge in [-0.1, -0.05) is 43.3 Å². The second-order valence-electron chi connectivity index (χ2n) is 6.16. The Bertz CT molecular complexity index is 848. The van der Waals surface area contributed by atoms with Gasteiger partial charge in [-0.15, -0.1) is 6.58 Å². The molecule has 2 rings (SSSR count). The first-order valence-corrected chi connectivity index (χ1v) is 9.34. The van der Waals surface area contributed by atoms with E-state index in [1.807, 2.05) is 13.8 Å². The van der Waals surface area contributed by atoms with Crippen LogP contribution in [0.1, 0.15) is 20.8 Å². The molecular weight excluding hydrogens is 358 g/mol. The zero-order valence-corrected chi connectivity index (χ0v) is 16.2. The number of hydrogen-bond acceptors (Lipinski definition) is 4. The predicted octanol–water partition coefficient (Wildman–Crippen LogP) is 3.49. The standard InChI is InChI=1S/C18H22ClN3O2S/c1-5-8-22-17(24)14-9-13(19)6-7-15(14)21-18(22)25-12(4)16(23)20-10-11(2)3/h5-7,9,11-12H,1,8,10H2,2-4H3,(H,20,23)/t12-/m1/s1. The summed E-state index contributed by atoms with van der Waals surface area (Å²) in [4.78, 5) is 29.5. The minimum atomic E-state index is -0.369. The first-order chi connectivity index (χ1) is 11.8. The van der Waals surface area contributed by atoms with Gasteiger partial charge in [0.15, 0.2) is 5.16 Å². The van der Waals surface area contributed by atoms with E-state index in [0.717, 1.165) is 0 Å². The highest BCUT2D eigenvalue weighted by Crippen LogP contribution is 2.24. The van der Waals surface area contributed by atoms with Gasteiger partial charge >= 0.3 is 0 Å². The molecule has 1 N–H and O–H groups in total. The average molecular weight is 380 g/mol. The summed E-state index contributed by atoms with van der Waals surface area (Å²) in [5.41, 5.74) is 0.372. The number of carbonyl (C=O) groups excluding carboxylic acids is 1. The van der Waals surface area contributed by atoms with Crippen LogP contribution in [-0.2, 0) is 11.3 Å². The molecule has 1 aromatic heterocycles. The summed E-state index contributed by atoms with van der Waals surface area (Å²) in [6.45, 7) is 10.5. The summed E-state index contributed by atoms with van der Waals surface area (Å²) < 4.78 is 1.52. The van der Waals surface area contributed by atoms with Gasteiger partial charge in [-0.3, -0.25) is 14.2 Å². The largest absolute Gasteiger partial charge is 0.355 e. The van der Waals surface area contributed by atoms with E-state index in [-0.39, 0.29) is 16.7 Å². The summed E-state index contributed by atoms with van der Waals surface area (Å²) in [5.74, 6) is 0.304. The van der Waals surface area contributed by atoms with E-state index in [1.165, 1.54) is 16.3 Å². The Morgan fingerprint density at radius 3 is 2.80 bits per heavy atom. The number of allylic oxidation sites excluding steroid dienone is 1. The lowest BCUT2D eigenvalue weighted by atomic mass is 10.2. The van der Waals surface area contributed by atoms with Crippen molar-refractivity contribution in [3.8, 4) is 0 Å². The van der Waals surface area contributed by atoms with E-state index in [9.17, 15) is 9.59 Å². The van der Waals surface area contributed by atoms with Gasteiger partial charge in [-0.05, 0) is 31.0 Å².